The van der Waals surface area contributed by atoms with Gasteiger partial charge in [0.05, 0.1) is 24.9 Å². The normalized spacial score (nSPS) is 16.4. The summed E-state index contributed by atoms with van der Waals surface area (Å²) in [5.41, 5.74) is 0.944. The molecule has 1 unspecified atom stereocenters. The lowest BCUT2D eigenvalue weighted by molar-refractivity contribution is -0.136. The molecule has 0 fully saturated rings. The van der Waals surface area contributed by atoms with E-state index in [1.54, 1.807) is 6.21 Å². The van der Waals surface area contributed by atoms with Gasteiger partial charge in [0, 0.05) is 44.4 Å². The predicted molar refractivity (Wildman–Crippen MR) is 124 cm³/mol. The molecule has 170 valence electrons. The third kappa shape index (κ3) is 6.87. The zero-order chi connectivity index (χ0) is 22.2. The molecule has 1 amide bonds. The number of carbonyl (C=O) groups is 1. The SMILES string of the molecule is CC(C)CN(Cc1cc(Cl)c2c(c1)OCCCO2)C(=O)C(C)CNCN1C=CC=NC1. The molecule has 31 heavy (non-hydrogen) atoms. The summed E-state index contributed by atoms with van der Waals surface area (Å²) in [7, 11) is 0. The van der Waals surface area contributed by atoms with E-state index in [9.17, 15) is 4.79 Å². The van der Waals surface area contributed by atoms with Gasteiger partial charge in [0.15, 0.2) is 11.5 Å². The van der Waals surface area contributed by atoms with E-state index in [0.717, 1.165) is 12.0 Å². The molecule has 2 aliphatic heterocycles. The third-order valence-corrected chi connectivity index (χ3v) is 5.35. The standard InChI is InChI=1S/C23H33ClN4O3/c1-17(2)13-28(23(29)18(3)12-26-16-27-7-4-6-25-15-27)14-19-10-20(24)22-21(11-19)30-8-5-9-31-22/h4,6-7,10-11,17-18,26H,5,8-9,12-16H2,1-3H3. The topological polar surface area (TPSA) is 66.4 Å². The van der Waals surface area contributed by atoms with Crippen LogP contribution in [0.5, 0.6) is 11.5 Å². The minimum absolute atomic E-state index is 0.122. The van der Waals surface area contributed by atoms with Crippen molar-refractivity contribution in [1.82, 2.24) is 15.1 Å². The van der Waals surface area contributed by atoms with Crippen LogP contribution < -0.4 is 14.8 Å². The van der Waals surface area contributed by atoms with Gasteiger partial charge in [-0.2, -0.15) is 0 Å². The average molecular weight is 449 g/mol. The molecule has 0 saturated carbocycles. The lowest BCUT2D eigenvalue weighted by atomic mass is 10.1. The van der Waals surface area contributed by atoms with Crippen molar-refractivity contribution in [3.63, 3.8) is 0 Å². The fraction of sp³-hybridized carbons (Fsp3) is 0.565. The Balaban J connectivity index is 1.63. The van der Waals surface area contributed by atoms with Crippen LogP contribution in [0.15, 0.2) is 29.4 Å². The molecule has 1 atom stereocenters. The molecule has 0 saturated heterocycles. The lowest BCUT2D eigenvalue weighted by Gasteiger charge is -2.29. The second-order valence-corrected chi connectivity index (χ2v) is 8.89. The van der Waals surface area contributed by atoms with Crippen LogP contribution >= 0.6 is 11.6 Å². The highest BCUT2D eigenvalue weighted by Crippen LogP contribution is 2.38. The van der Waals surface area contributed by atoms with Crippen molar-refractivity contribution in [2.75, 3.05) is 39.6 Å². The van der Waals surface area contributed by atoms with Crippen LogP contribution in [0, 0.1) is 11.8 Å². The number of benzene rings is 1. The number of nitrogens with one attached hydrogen (secondary N) is 1. The third-order valence-electron chi connectivity index (χ3n) is 5.07. The van der Waals surface area contributed by atoms with Crippen LogP contribution in [0.4, 0.5) is 0 Å². The van der Waals surface area contributed by atoms with Crippen molar-refractivity contribution < 1.29 is 14.3 Å². The van der Waals surface area contributed by atoms with Crippen LogP contribution in [0.25, 0.3) is 0 Å². The maximum Gasteiger partial charge on any atom is 0.226 e. The number of halogens is 1. The van der Waals surface area contributed by atoms with E-state index < -0.39 is 0 Å². The Hall–Kier alpha value is -2.25. The van der Waals surface area contributed by atoms with Gasteiger partial charge >= 0.3 is 0 Å². The van der Waals surface area contributed by atoms with Crippen LogP contribution in [-0.4, -0.2) is 61.6 Å². The molecule has 1 N–H and O–H groups in total. The minimum atomic E-state index is -0.146. The summed E-state index contributed by atoms with van der Waals surface area (Å²) < 4.78 is 11.5. The van der Waals surface area contributed by atoms with E-state index in [4.69, 9.17) is 21.1 Å². The summed E-state index contributed by atoms with van der Waals surface area (Å²) in [5.74, 6) is 1.59. The van der Waals surface area contributed by atoms with Gasteiger partial charge in [-0.25, -0.2) is 0 Å². The second-order valence-electron chi connectivity index (χ2n) is 8.48. The molecule has 0 spiro atoms. The van der Waals surface area contributed by atoms with E-state index in [-0.39, 0.29) is 11.8 Å². The molecule has 3 rings (SSSR count). The van der Waals surface area contributed by atoms with Gasteiger partial charge in [-0.15, -0.1) is 0 Å². The van der Waals surface area contributed by atoms with Gasteiger partial charge in [0.2, 0.25) is 5.91 Å². The van der Waals surface area contributed by atoms with Crippen LogP contribution in [-0.2, 0) is 11.3 Å². The van der Waals surface area contributed by atoms with Gasteiger partial charge < -0.3 is 19.3 Å². The Morgan fingerprint density at radius 3 is 2.84 bits per heavy atom. The van der Waals surface area contributed by atoms with Gasteiger partial charge in [-0.1, -0.05) is 32.4 Å². The van der Waals surface area contributed by atoms with Crippen LogP contribution in [0.3, 0.4) is 0 Å². The van der Waals surface area contributed by atoms with Crippen molar-refractivity contribution in [3.05, 3.63) is 35.0 Å². The number of aliphatic imine (C=N–C) groups is 1. The molecule has 0 aromatic heterocycles. The fourth-order valence-electron chi connectivity index (χ4n) is 3.62. The monoisotopic (exact) mass is 448 g/mol. The number of rotatable bonds is 9. The molecule has 0 bridgehead atoms. The molecular weight excluding hydrogens is 416 g/mol. The van der Waals surface area contributed by atoms with E-state index >= 15 is 0 Å². The Kier molecular flexibility index (Phi) is 8.60. The maximum absolute atomic E-state index is 13.2. The van der Waals surface area contributed by atoms with Crippen LogP contribution in [0.1, 0.15) is 32.8 Å². The highest BCUT2D eigenvalue weighted by atomic mass is 35.5. The number of nitrogens with zero attached hydrogens (tertiary/aromatic N) is 3. The van der Waals surface area contributed by atoms with Crippen molar-refractivity contribution in [2.24, 2.45) is 16.8 Å². The molecule has 1 aromatic carbocycles. The fourth-order valence-corrected chi connectivity index (χ4v) is 3.90. The molecule has 7 nitrogen and oxygen atoms in total. The predicted octanol–water partition coefficient (Wildman–Crippen LogP) is 3.53. The van der Waals surface area contributed by atoms with E-state index in [0.29, 0.717) is 68.6 Å². The largest absolute Gasteiger partial charge is 0.489 e. The summed E-state index contributed by atoms with van der Waals surface area (Å²) in [5, 5.41) is 3.89. The van der Waals surface area contributed by atoms with Gasteiger partial charge in [-0.05, 0) is 29.7 Å². The highest BCUT2D eigenvalue weighted by Gasteiger charge is 2.23. The first-order valence-electron chi connectivity index (χ1n) is 10.9. The number of hydrogen-bond acceptors (Lipinski definition) is 6. The molecule has 1 aromatic rings. The van der Waals surface area contributed by atoms with Gasteiger partial charge in [0.1, 0.15) is 6.67 Å². The van der Waals surface area contributed by atoms with Crippen molar-refractivity contribution in [1.29, 1.82) is 0 Å². The maximum atomic E-state index is 13.2. The molecule has 0 aliphatic carbocycles. The summed E-state index contributed by atoms with van der Waals surface area (Å²) in [4.78, 5) is 21.4. The van der Waals surface area contributed by atoms with Gasteiger partial charge in [-0.3, -0.25) is 15.1 Å². The number of amides is 1. The zero-order valence-electron chi connectivity index (χ0n) is 18.6. The smallest absolute Gasteiger partial charge is 0.226 e. The second kappa shape index (κ2) is 11.4. The average Bonchev–Trinajstić information content (AvgIpc) is 2.99. The number of carbonyl (C=O) groups excluding carboxylic acids is 1. The highest BCUT2D eigenvalue weighted by molar-refractivity contribution is 6.32. The summed E-state index contributed by atoms with van der Waals surface area (Å²) >= 11 is 6.46. The minimum Gasteiger partial charge on any atom is -0.489 e. The molecule has 8 heteroatoms. The first-order valence-corrected chi connectivity index (χ1v) is 11.3. The number of hydrogen-bond donors (Lipinski definition) is 1. The van der Waals surface area contributed by atoms with Crippen molar-refractivity contribution in [2.45, 2.75) is 33.7 Å². The van der Waals surface area contributed by atoms with E-state index in [2.05, 4.69) is 29.1 Å². The number of ether oxygens (including phenoxy) is 2. The number of allylic oxidation sites excluding steroid dienone is 1. The lowest BCUT2D eigenvalue weighted by Crippen LogP contribution is -2.42. The molecule has 0 radical (unpaired) electrons. The first kappa shape index (κ1) is 23.4. The summed E-state index contributed by atoms with van der Waals surface area (Å²) in [6.07, 6.45) is 6.51. The Morgan fingerprint density at radius 1 is 1.29 bits per heavy atom. The number of fused-ring (bicyclic) bond motifs is 1. The Bertz CT molecular complexity index is 812. The zero-order valence-corrected chi connectivity index (χ0v) is 19.4. The molecular formula is C23H33ClN4O3. The summed E-state index contributed by atoms with van der Waals surface area (Å²) in [6, 6.07) is 3.82. The van der Waals surface area contributed by atoms with E-state index in [1.165, 1.54) is 0 Å². The van der Waals surface area contributed by atoms with Crippen molar-refractivity contribution >= 4 is 23.7 Å². The van der Waals surface area contributed by atoms with Crippen LogP contribution in [0.2, 0.25) is 5.02 Å². The molecule has 2 heterocycles. The van der Waals surface area contributed by atoms with Gasteiger partial charge in [0.25, 0.3) is 0 Å². The Labute approximate surface area is 190 Å². The van der Waals surface area contributed by atoms with E-state index in [1.807, 2.05) is 36.2 Å². The quantitative estimate of drug-likeness (QED) is 0.626. The van der Waals surface area contributed by atoms with Crippen molar-refractivity contribution in [3.8, 4) is 11.5 Å². The molecule has 2 aliphatic rings. The Morgan fingerprint density at radius 2 is 2.10 bits per heavy atom. The summed E-state index contributed by atoms with van der Waals surface area (Å²) in [6.45, 7) is 10.5. The first-order chi connectivity index (χ1) is 14.9.